The molecule has 1 aromatic heterocycles. The third-order valence-electron chi connectivity index (χ3n) is 2.69. The van der Waals surface area contributed by atoms with Crippen LogP contribution in [0.5, 0.6) is 0 Å². The lowest BCUT2D eigenvalue weighted by molar-refractivity contribution is 0.629. The van der Waals surface area contributed by atoms with E-state index in [1.807, 2.05) is 6.07 Å². The van der Waals surface area contributed by atoms with Gasteiger partial charge in [-0.1, -0.05) is 17.7 Å². The molecule has 0 saturated carbocycles. The lowest BCUT2D eigenvalue weighted by Gasteiger charge is -2.21. The first-order chi connectivity index (χ1) is 9.33. The molecular formula is C15H21N5. The van der Waals surface area contributed by atoms with Gasteiger partial charge in [-0.15, -0.1) is 5.10 Å². The van der Waals surface area contributed by atoms with Crippen LogP contribution in [0.15, 0.2) is 24.4 Å². The molecule has 0 atom stereocenters. The number of hydrogen-bond donors (Lipinski definition) is 2. The van der Waals surface area contributed by atoms with E-state index < -0.39 is 0 Å². The summed E-state index contributed by atoms with van der Waals surface area (Å²) in [4.78, 5) is 4.42. The van der Waals surface area contributed by atoms with E-state index in [2.05, 4.69) is 72.6 Å². The van der Waals surface area contributed by atoms with Gasteiger partial charge in [0.1, 0.15) is 0 Å². The van der Waals surface area contributed by atoms with E-state index in [1.165, 1.54) is 5.56 Å². The summed E-state index contributed by atoms with van der Waals surface area (Å²) in [5.74, 6) is 1.20. The van der Waals surface area contributed by atoms with Gasteiger partial charge in [0, 0.05) is 11.2 Å². The first-order valence-electron chi connectivity index (χ1n) is 6.66. The molecule has 0 bridgehead atoms. The predicted molar refractivity (Wildman–Crippen MR) is 82.4 cm³/mol. The third kappa shape index (κ3) is 3.91. The summed E-state index contributed by atoms with van der Waals surface area (Å²) in [6, 6.07) is 6.20. The van der Waals surface area contributed by atoms with E-state index in [4.69, 9.17) is 0 Å². The topological polar surface area (TPSA) is 62.7 Å². The maximum atomic E-state index is 4.42. The van der Waals surface area contributed by atoms with Crippen molar-refractivity contribution in [2.75, 3.05) is 10.6 Å². The fourth-order valence-corrected chi connectivity index (χ4v) is 1.88. The largest absolute Gasteiger partial charge is 0.364 e. The van der Waals surface area contributed by atoms with Gasteiger partial charge in [0.25, 0.3) is 0 Å². The Morgan fingerprint density at radius 1 is 1.10 bits per heavy atom. The third-order valence-corrected chi connectivity index (χ3v) is 2.69. The van der Waals surface area contributed by atoms with Crippen molar-refractivity contribution in [3.05, 3.63) is 35.5 Å². The zero-order valence-corrected chi connectivity index (χ0v) is 12.7. The van der Waals surface area contributed by atoms with Crippen molar-refractivity contribution in [3.8, 4) is 0 Å². The molecule has 0 saturated heterocycles. The normalized spacial score (nSPS) is 11.2. The van der Waals surface area contributed by atoms with E-state index in [0.29, 0.717) is 11.8 Å². The number of hydrogen-bond acceptors (Lipinski definition) is 5. The van der Waals surface area contributed by atoms with Gasteiger partial charge in [0.15, 0.2) is 5.82 Å². The molecule has 0 radical (unpaired) electrons. The molecule has 1 aromatic carbocycles. The van der Waals surface area contributed by atoms with E-state index in [-0.39, 0.29) is 5.54 Å². The van der Waals surface area contributed by atoms with Gasteiger partial charge in [-0.2, -0.15) is 10.1 Å². The van der Waals surface area contributed by atoms with Gasteiger partial charge < -0.3 is 10.6 Å². The van der Waals surface area contributed by atoms with Crippen molar-refractivity contribution in [3.63, 3.8) is 0 Å². The minimum absolute atomic E-state index is 0.0624. The van der Waals surface area contributed by atoms with Crippen LogP contribution in [-0.2, 0) is 0 Å². The monoisotopic (exact) mass is 271 g/mol. The lowest BCUT2D eigenvalue weighted by atomic mass is 10.1. The Balaban J connectivity index is 2.19. The fourth-order valence-electron chi connectivity index (χ4n) is 1.88. The molecule has 0 unspecified atom stereocenters. The second kappa shape index (κ2) is 5.45. The minimum atomic E-state index is -0.0624. The van der Waals surface area contributed by atoms with Crippen LogP contribution >= 0.6 is 0 Å². The molecule has 106 valence electrons. The summed E-state index contributed by atoms with van der Waals surface area (Å²) in [5, 5.41) is 14.5. The Morgan fingerprint density at radius 3 is 2.50 bits per heavy atom. The van der Waals surface area contributed by atoms with Crippen molar-refractivity contribution in [1.82, 2.24) is 15.2 Å². The van der Waals surface area contributed by atoms with Crippen LogP contribution in [0.4, 0.5) is 17.5 Å². The highest BCUT2D eigenvalue weighted by Crippen LogP contribution is 2.20. The van der Waals surface area contributed by atoms with Crippen molar-refractivity contribution >= 4 is 17.5 Å². The van der Waals surface area contributed by atoms with E-state index >= 15 is 0 Å². The van der Waals surface area contributed by atoms with Crippen molar-refractivity contribution in [2.45, 2.75) is 40.2 Å². The first kappa shape index (κ1) is 14.2. The van der Waals surface area contributed by atoms with Crippen LogP contribution < -0.4 is 10.6 Å². The van der Waals surface area contributed by atoms with Gasteiger partial charge in [0.2, 0.25) is 5.95 Å². The van der Waals surface area contributed by atoms with Gasteiger partial charge in [-0.3, -0.25) is 0 Å². The second-order valence-electron chi connectivity index (χ2n) is 5.98. The average molecular weight is 271 g/mol. The Hall–Kier alpha value is -2.17. The van der Waals surface area contributed by atoms with E-state index in [9.17, 15) is 0 Å². The molecule has 0 amide bonds. The van der Waals surface area contributed by atoms with Crippen LogP contribution in [0.3, 0.4) is 0 Å². The molecule has 0 aliphatic rings. The lowest BCUT2D eigenvalue weighted by Crippen LogP contribution is -2.27. The van der Waals surface area contributed by atoms with Gasteiger partial charge in [0.05, 0.1) is 6.20 Å². The van der Waals surface area contributed by atoms with Crippen LogP contribution in [-0.4, -0.2) is 20.7 Å². The van der Waals surface area contributed by atoms with Crippen molar-refractivity contribution < 1.29 is 0 Å². The van der Waals surface area contributed by atoms with Crippen molar-refractivity contribution in [1.29, 1.82) is 0 Å². The summed E-state index contributed by atoms with van der Waals surface area (Å²) < 4.78 is 0. The van der Waals surface area contributed by atoms with Gasteiger partial charge in [-0.05, 0) is 46.2 Å². The maximum absolute atomic E-state index is 4.42. The second-order valence-corrected chi connectivity index (χ2v) is 5.98. The molecule has 20 heavy (non-hydrogen) atoms. The molecule has 0 aliphatic carbocycles. The number of nitrogens with zero attached hydrogens (tertiary/aromatic N) is 3. The summed E-state index contributed by atoms with van der Waals surface area (Å²) in [6.45, 7) is 10.4. The molecule has 5 nitrogen and oxygen atoms in total. The number of aromatic nitrogens is 3. The molecule has 0 fully saturated rings. The van der Waals surface area contributed by atoms with Crippen LogP contribution in [0.25, 0.3) is 0 Å². The molecule has 0 spiro atoms. The summed E-state index contributed by atoms with van der Waals surface area (Å²) in [7, 11) is 0. The van der Waals surface area contributed by atoms with Gasteiger partial charge in [-0.25, -0.2) is 0 Å². The number of benzene rings is 1. The van der Waals surface area contributed by atoms with E-state index in [1.54, 1.807) is 6.20 Å². The van der Waals surface area contributed by atoms with Crippen molar-refractivity contribution in [2.24, 2.45) is 0 Å². The first-order valence-corrected chi connectivity index (χ1v) is 6.66. The summed E-state index contributed by atoms with van der Waals surface area (Å²) >= 11 is 0. The minimum Gasteiger partial charge on any atom is -0.364 e. The standard InChI is InChI=1S/C15H21N5/c1-10-6-7-12(11(2)8-10)17-14-18-13(9-16-20-14)19-15(3,4)5/h6-9H,1-5H3,(H2,17,18,19,20). The Kier molecular flexibility index (Phi) is 3.88. The smallest absolute Gasteiger partial charge is 0.249 e. The number of anilines is 3. The van der Waals surface area contributed by atoms with Crippen LogP contribution in [0.1, 0.15) is 31.9 Å². The molecule has 0 aliphatic heterocycles. The highest BCUT2D eigenvalue weighted by molar-refractivity contribution is 5.59. The SMILES string of the molecule is Cc1ccc(Nc2nncc(NC(C)(C)C)n2)c(C)c1. The Labute approximate surface area is 119 Å². The van der Waals surface area contributed by atoms with E-state index in [0.717, 1.165) is 11.3 Å². The van der Waals surface area contributed by atoms with Gasteiger partial charge >= 0.3 is 0 Å². The molecule has 5 heteroatoms. The zero-order valence-electron chi connectivity index (χ0n) is 12.7. The highest BCUT2D eigenvalue weighted by atomic mass is 15.3. The Bertz CT molecular complexity index is 601. The fraction of sp³-hybridized carbons (Fsp3) is 0.400. The van der Waals surface area contributed by atoms with Crippen LogP contribution in [0.2, 0.25) is 0 Å². The molecule has 2 N–H and O–H groups in total. The highest BCUT2D eigenvalue weighted by Gasteiger charge is 2.11. The summed E-state index contributed by atoms with van der Waals surface area (Å²) in [6.07, 6.45) is 1.62. The number of rotatable bonds is 3. The maximum Gasteiger partial charge on any atom is 0.249 e. The average Bonchev–Trinajstić information content (AvgIpc) is 2.31. The molecule has 2 aromatic rings. The molecule has 2 rings (SSSR count). The number of nitrogens with one attached hydrogen (secondary N) is 2. The van der Waals surface area contributed by atoms with Crippen LogP contribution in [0, 0.1) is 13.8 Å². The number of aryl methyl sites for hydroxylation is 2. The predicted octanol–water partition coefficient (Wildman–Crippen LogP) is 3.44. The molecular weight excluding hydrogens is 250 g/mol. The quantitative estimate of drug-likeness (QED) is 0.895. The zero-order chi connectivity index (χ0) is 14.8. The Morgan fingerprint density at radius 2 is 1.85 bits per heavy atom. The summed E-state index contributed by atoms with van der Waals surface area (Å²) in [5.41, 5.74) is 3.32. The molecule has 1 heterocycles.